The van der Waals surface area contributed by atoms with Gasteiger partial charge in [-0.1, -0.05) is 0 Å². The third-order valence-electron chi connectivity index (χ3n) is 3.65. The van der Waals surface area contributed by atoms with E-state index in [1.54, 1.807) is 0 Å². The first-order valence-corrected chi connectivity index (χ1v) is 7.17. The molecule has 0 spiro atoms. The molecule has 0 saturated carbocycles. The zero-order valence-electron chi connectivity index (χ0n) is 9.41. The Morgan fingerprint density at radius 3 is 3.00 bits per heavy atom. The van der Waals surface area contributed by atoms with Gasteiger partial charge in [0.15, 0.2) is 0 Å². The lowest BCUT2D eigenvalue weighted by molar-refractivity contribution is 0.0646. The fraction of sp³-hybridized carbons (Fsp3) is 1.00. The van der Waals surface area contributed by atoms with Gasteiger partial charge in [-0.15, -0.1) is 0 Å². The molecule has 2 heterocycles. The molecule has 0 amide bonds. The van der Waals surface area contributed by atoms with Crippen LogP contribution >= 0.6 is 11.8 Å². The molecule has 0 aromatic rings. The average molecular weight is 214 g/mol. The molecule has 2 fully saturated rings. The van der Waals surface area contributed by atoms with Gasteiger partial charge in [-0.05, 0) is 32.6 Å². The van der Waals surface area contributed by atoms with Crippen LogP contribution in [-0.4, -0.2) is 60.1 Å². The molecule has 2 unspecified atom stereocenters. The summed E-state index contributed by atoms with van der Waals surface area (Å²) in [4.78, 5) is 5.38. The molecule has 2 saturated heterocycles. The summed E-state index contributed by atoms with van der Waals surface area (Å²) in [6, 6.07) is 1.66. The molecule has 0 aromatic carbocycles. The molecular formula is C11H22N2S. The Kier molecular flexibility index (Phi) is 3.74. The number of hydrogen-bond donors (Lipinski definition) is 0. The molecule has 0 bridgehead atoms. The Hall–Kier alpha value is 0.270. The standard InChI is InChI=1S/C11H22N2S/c1-10-8-13-5-3-4-11(13)9-12(10)6-7-14-2/h10-11H,3-9H2,1-2H3. The van der Waals surface area contributed by atoms with Crippen LogP contribution in [0.4, 0.5) is 0 Å². The van der Waals surface area contributed by atoms with Crippen molar-refractivity contribution in [3.05, 3.63) is 0 Å². The van der Waals surface area contributed by atoms with Crippen LogP contribution < -0.4 is 0 Å². The maximum Gasteiger partial charge on any atom is 0.0224 e. The van der Waals surface area contributed by atoms with E-state index in [0.29, 0.717) is 0 Å². The van der Waals surface area contributed by atoms with Crippen molar-refractivity contribution in [2.45, 2.75) is 31.8 Å². The molecule has 2 aliphatic rings. The van der Waals surface area contributed by atoms with Crippen LogP contribution in [0.5, 0.6) is 0 Å². The lowest BCUT2D eigenvalue weighted by Gasteiger charge is -2.42. The van der Waals surface area contributed by atoms with E-state index in [0.717, 1.165) is 12.1 Å². The fourth-order valence-corrected chi connectivity index (χ4v) is 3.19. The van der Waals surface area contributed by atoms with Crippen LogP contribution in [0.1, 0.15) is 19.8 Å². The Bertz CT molecular complexity index is 186. The number of hydrogen-bond acceptors (Lipinski definition) is 3. The predicted octanol–water partition coefficient (Wildman–Crippen LogP) is 1.52. The molecule has 3 heteroatoms. The second-order valence-electron chi connectivity index (χ2n) is 4.63. The maximum absolute atomic E-state index is 2.69. The van der Waals surface area contributed by atoms with E-state index in [1.165, 1.54) is 44.8 Å². The van der Waals surface area contributed by atoms with Crippen molar-refractivity contribution in [1.82, 2.24) is 9.80 Å². The third-order valence-corrected chi connectivity index (χ3v) is 4.24. The first-order valence-electron chi connectivity index (χ1n) is 5.78. The Labute approximate surface area is 92.0 Å². The first kappa shape index (κ1) is 10.8. The van der Waals surface area contributed by atoms with Crippen molar-refractivity contribution < 1.29 is 0 Å². The summed E-state index contributed by atoms with van der Waals surface area (Å²) in [6.07, 6.45) is 5.06. The second kappa shape index (κ2) is 4.86. The van der Waals surface area contributed by atoms with Crippen LogP contribution in [-0.2, 0) is 0 Å². The predicted molar refractivity (Wildman–Crippen MR) is 64.0 cm³/mol. The Morgan fingerprint density at radius 2 is 2.21 bits per heavy atom. The van der Waals surface area contributed by atoms with E-state index < -0.39 is 0 Å². The SMILES string of the molecule is CSCCN1CC2CCCN2CC1C. The number of thioether (sulfide) groups is 1. The van der Waals surface area contributed by atoms with E-state index in [2.05, 4.69) is 23.0 Å². The zero-order chi connectivity index (χ0) is 9.97. The highest BCUT2D eigenvalue weighted by molar-refractivity contribution is 7.98. The lowest BCUT2D eigenvalue weighted by atomic mass is 10.1. The molecule has 2 rings (SSSR count). The van der Waals surface area contributed by atoms with Gasteiger partial charge in [-0.2, -0.15) is 11.8 Å². The summed E-state index contributed by atoms with van der Waals surface area (Å²) in [7, 11) is 0. The Balaban J connectivity index is 1.86. The van der Waals surface area contributed by atoms with Gasteiger partial charge in [0.05, 0.1) is 0 Å². The molecule has 2 atom stereocenters. The van der Waals surface area contributed by atoms with E-state index in [1.807, 2.05) is 11.8 Å². The largest absolute Gasteiger partial charge is 0.298 e. The molecular weight excluding hydrogens is 192 g/mol. The molecule has 0 aromatic heterocycles. The van der Waals surface area contributed by atoms with Gasteiger partial charge >= 0.3 is 0 Å². The van der Waals surface area contributed by atoms with Gasteiger partial charge in [0.1, 0.15) is 0 Å². The number of nitrogens with zero attached hydrogens (tertiary/aromatic N) is 2. The molecule has 0 aliphatic carbocycles. The van der Waals surface area contributed by atoms with Crippen LogP contribution in [0.15, 0.2) is 0 Å². The third kappa shape index (κ3) is 2.26. The number of piperazine rings is 1. The summed E-state index contributed by atoms with van der Waals surface area (Å²) in [5.74, 6) is 1.29. The van der Waals surface area contributed by atoms with E-state index in [9.17, 15) is 0 Å². The van der Waals surface area contributed by atoms with Crippen LogP contribution in [0.2, 0.25) is 0 Å². The average Bonchev–Trinajstić information content (AvgIpc) is 2.61. The van der Waals surface area contributed by atoms with Crippen LogP contribution in [0.25, 0.3) is 0 Å². The highest BCUT2D eigenvalue weighted by Crippen LogP contribution is 2.24. The first-order chi connectivity index (χ1) is 6.81. The summed E-state index contributed by atoms with van der Waals surface area (Å²) in [6.45, 7) is 7.65. The molecule has 0 radical (unpaired) electrons. The second-order valence-corrected chi connectivity index (χ2v) is 5.61. The van der Waals surface area contributed by atoms with Crippen molar-refractivity contribution in [1.29, 1.82) is 0 Å². The minimum atomic E-state index is 0.775. The van der Waals surface area contributed by atoms with Gasteiger partial charge in [-0.3, -0.25) is 9.80 Å². The van der Waals surface area contributed by atoms with Crippen molar-refractivity contribution in [2.75, 3.05) is 38.2 Å². The molecule has 0 N–H and O–H groups in total. The van der Waals surface area contributed by atoms with Gasteiger partial charge in [0.25, 0.3) is 0 Å². The quantitative estimate of drug-likeness (QED) is 0.703. The number of fused-ring (bicyclic) bond motifs is 1. The van der Waals surface area contributed by atoms with Crippen molar-refractivity contribution in [3.8, 4) is 0 Å². The van der Waals surface area contributed by atoms with E-state index in [-0.39, 0.29) is 0 Å². The van der Waals surface area contributed by atoms with Crippen molar-refractivity contribution in [3.63, 3.8) is 0 Å². The van der Waals surface area contributed by atoms with Gasteiger partial charge in [0.2, 0.25) is 0 Å². The van der Waals surface area contributed by atoms with Gasteiger partial charge in [-0.25, -0.2) is 0 Å². The van der Waals surface area contributed by atoms with Crippen molar-refractivity contribution >= 4 is 11.8 Å². The minimum Gasteiger partial charge on any atom is -0.298 e. The monoisotopic (exact) mass is 214 g/mol. The van der Waals surface area contributed by atoms with Gasteiger partial charge < -0.3 is 0 Å². The topological polar surface area (TPSA) is 6.48 Å². The fourth-order valence-electron chi connectivity index (χ4n) is 2.77. The summed E-state index contributed by atoms with van der Waals surface area (Å²) in [5.41, 5.74) is 0. The highest BCUT2D eigenvalue weighted by atomic mass is 32.2. The van der Waals surface area contributed by atoms with Crippen LogP contribution in [0.3, 0.4) is 0 Å². The smallest absolute Gasteiger partial charge is 0.0224 e. The summed E-state index contributed by atoms with van der Waals surface area (Å²) < 4.78 is 0. The van der Waals surface area contributed by atoms with Crippen LogP contribution in [0, 0.1) is 0 Å². The van der Waals surface area contributed by atoms with Crippen molar-refractivity contribution in [2.24, 2.45) is 0 Å². The molecule has 82 valence electrons. The normalized spacial score (nSPS) is 34.7. The Morgan fingerprint density at radius 1 is 1.36 bits per heavy atom. The maximum atomic E-state index is 2.69. The molecule has 2 aliphatic heterocycles. The minimum absolute atomic E-state index is 0.775. The van der Waals surface area contributed by atoms with Gasteiger partial charge in [0, 0.05) is 37.5 Å². The van der Waals surface area contributed by atoms with E-state index in [4.69, 9.17) is 0 Å². The summed E-state index contributed by atoms with van der Waals surface area (Å²) >= 11 is 1.97. The highest BCUT2D eigenvalue weighted by Gasteiger charge is 2.33. The summed E-state index contributed by atoms with van der Waals surface area (Å²) in [5, 5.41) is 0. The molecule has 2 nitrogen and oxygen atoms in total. The molecule has 14 heavy (non-hydrogen) atoms. The van der Waals surface area contributed by atoms with E-state index >= 15 is 0 Å². The lowest BCUT2D eigenvalue weighted by Crippen LogP contribution is -2.55. The number of rotatable bonds is 3. The zero-order valence-corrected chi connectivity index (χ0v) is 10.2.